The maximum Gasteiger partial charge on any atom is 0.408 e. The first kappa shape index (κ1) is 17.4. The molecule has 0 bridgehead atoms. The van der Waals surface area contributed by atoms with Gasteiger partial charge in [-0.1, -0.05) is 5.16 Å². The molecule has 1 N–H and O–H groups in total. The van der Waals surface area contributed by atoms with Gasteiger partial charge in [0.1, 0.15) is 11.1 Å². The molecule has 8 heteroatoms. The van der Waals surface area contributed by atoms with Crippen molar-refractivity contribution in [3.05, 3.63) is 29.9 Å². The highest BCUT2D eigenvalue weighted by Crippen LogP contribution is 2.40. The second-order valence-corrected chi connectivity index (χ2v) is 7.57. The molecule has 0 unspecified atom stereocenters. The number of imidazole rings is 1. The predicted octanol–water partition coefficient (Wildman–Crippen LogP) is 2.49. The van der Waals surface area contributed by atoms with E-state index in [1.54, 1.807) is 6.33 Å². The first-order valence-electron chi connectivity index (χ1n) is 8.57. The molecule has 0 aliphatic heterocycles. The van der Waals surface area contributed by atoms with Crippen LogP contribution >= 0.6 is 0 Å². The van der Waals surface area contributed by atoms with E-state index in [-0.39, 0.29) is 0 Å². The van der Waals surface area contributed by atoms with Crippen molar-refractivity contribution in [3.8, 4) is 0 Å². The number of nitrogens with zero attached hydrogens (tertiary/aromatic N) is 4. The fourth-order valence-electron chi connectivity index (χ4n) is 2.85. The fraction of sp³-hybridized carbons (Fsp3) is 0.647. The maximum atomic E-state index is 12.1. The summed E-state index contributed by atoms with van der Waals surface area (Å²) in [4.78, 5) is 20.7. The number of hydrogen-bond donors (Lipinski definition) is 1. The molecule has 0 radical (unpaired) electrons. The van der Waals surface area contributed by atoms with Crippen LogP contribution in [0.3, 0.4) is 0 Å². The van der Waals surface area contributed by atoms with Crippen molar-refractivity contribution in [2.45, 2.75) is 64.0 Å². The number of alkyl carbamates (subject to hydrolysis) is 1. The van der Waals surface area contributed by atoms with Crippen LogP contribution in [-0.2, 0) is 30.2 Å². The number of aromatic nitrogens is 4. The van der Waals surface area contributed by atoms with Gasteiger partial charge in [-0.05, 0) is 46.5 Å². The average Bonchev–Trinajstić information content (AvgIpc) is 3.08. The molecule has 1 saturated carbocycles. The van der Waals surface area contributed by atoms with E-state index in [1.165, 1.54) is 0 Å². The summed E-state index contributed by atoms with van der Waals surface area (Å²) >= 11 is 0. The number of amides is 1. The van der Waals surface area contributed by atoms with Gasteiger partial charge in [0.2, 0.25) is 5.89 Å². The van der Waals surface area contributed by atoms with E-state index in [0.29, 0.717) is 18.1 Å². The van der Waals surface area contributed by atoms with Crippen LogP contribution < -0.4 is 5.32 Å². The van der Waals surface area contributed by atoms with Crippen molar-refractivity contribution in [2.24, 2.45) is 7.05 Å². The lowest BCUT2D eigenvalue weighted by atomic mass is 9.76. The third-order valence-electron chi connectivity index (χ3n) is 4.35. The number of carbonyl (C=O) groups excluding carboxylic acids is 1. The van der Waals surface area contributed by atoms with Crippen LogP contribution in [0.25, 0.3) is 0 Å². The molecule has 2 heterocycles. The highest BCUT2D eigenvalue weighted by Gasteiger charge is 2.45. The minimum Gasteiger partial charge on any atom is -0.444 e. The SMILES string of the molecule is Cn1cncc1CCc1nc(C2(NC(=O)OC(C)(C)C)CCC2)no1. The quantitative estimate of drug-likeness (QED) is 0.893. The topological polar surface area (TPSA) is 95.1 Å². The molecular formula is C17H25N5O3. The monoisotopic (exact) mass is 347 g/mol. The Morgan fingerprint density at radius 3 is 2.72 bits per heavy atom. The van der Waals surface area contributed by atoms with Gasteiger partial charge < -0.3 is 19.1 Å². The molecule has 1 fully saturated rings. The minimum absolute atomic E-state index is 0.451. The van der Waals surface area contributed by atoms with Crippen molar-refractivity contribution in [1.29, 1.82) is 0 Å². The zero-order chi connectivity index (χ0) is 18.1. The first-order chi connectivity index (χ1) is 11.8. The lowest BCUT2D eigenvalue weighted by molar-refractivity contribution is 0.0362. The molecule has 1 aliphatic carbocycles. The summed E-state index contributed by atoms with van der Waals surface area (Å²) in [6.45, 7) is 5.51. The lowest BCUT2D eigenvalue weighted by Crippen LogP contribution is -2.52. The summed E-state index contributed by atoms with van der Waals surface area (Å²) < 4.78 is 12.7. The van der Waals surface area contributed by atoms with Gasteiger partial charge in [0.25, 0.3) is 0 Å². The van der Waals surface area contributed by atoms with Crippen molar-refractivity contribution in [1.82, 2.24) is 25.0 Å². The average molecular weight is 347 g/mol. The second kappa shape index (κ2) is 6.50. The van der Waals surface area contributed by atoms with Gasteiger partial charge in [-0.15, -0.1) is 0 Å². The Kier molecular flexibility index (Phi) is 4.53. The van der Waals surface area contributed by atoms with Crippen LogP contribution in [0.1, 0.15) is 57.4 Å². The molecule has 0 saturated heterocycles. The normalized spacial score (nSPS) is 16.3. The van der Waals surface area contributed by atoms with E-state index in [1.807, 2.05) is 38.6 Å². The molecule has 25 heavy (non-hydrogen) atoms. The van der Waals surface area contributed by atoms with Gasteiger partial charge in [0.15, 0.2) is 5.82 Å². The van der Waals surface area contributed by atoms with Crippen LogP contribution in [-0.4, -0.2) is 31.4 Å². The van der Waals surface area contributed by atoms with Crippen molar-refractivity contribution in [2.75, 3.05) is 0 Å². The third-order valence-corrected chi connectivity index (χ3v) is 4.35. The van der Waals surface area contributed by atoms with Crippen molar-refractivity contribution in [3.63, 3.8) is 0 Å². The van der Waals surface area contributed by atoms with Gasteiger partial charge >= 0.3 is 6.09 Å². The number of aryl methyl sites for hydroxylation is 3. The minimum atomic E-state index is -0.573. The van der Waals surface area contributed by atoms with Gasteiger partial charge in [0, 0.05) is 25.4 Å². The van der Waals surface area contributed by atoms with Crippen LogP contribution in [0.2, 0.25) is 0 Å². The first-order valence-corrected chi connectivity index (χ1v) is 8.57. The Balaban J connectivity index is 1.65. The fourth-order valence-corrected chi connectivity index (χ4v) is 2.85. The number of hydrogen-bond acceptors (Lipinski definition) is 6. The van der Waals surface area contributed by atoms with E-state index in [2.05, 4.69) is 20.4 Å². The highest BCUT2D eigenvalue weighted by molar-refractivity contribution is 5.69. The molecule has 0 aromatic carbocycles. The van der Waals surface area contributed by atoms with E-state index in [0.717, 1.165) is 31.4 Å². The molecule has 1 aliphatic rings. The van der Waals surface area contributed by atoms with Gasteiger partial charge in [-0.3, -0.25) is 0 Å². The van der Waals surface area contributed by atoms with E-state index in [4.69, 9.17) is 9.26 Å². The second-order valence-electron chi connectivity index (χ2n) is 7.57. The Morgan fingerprint density at radius 1 is 1.40 bits per heavy atom. The van der Waals surface area contributed by atoms with Crippen molar-refractivity contribution < 1.29 is 14.1 Å². The molecular weight excluding hydrogens is 322 g/mol. The van der Waals surface area contributed by atoms with Crippen LogP contribution in [0, 0.1) is 0 Å². The van der Waals surface area contributed by atoms with E-state index in [9.17, 15) is 4.79 Å². The number of nitrogens with one attached hydrogen (secondary N) is 1. The summed E-state index contributed by atoms with van der Waals surface area (Å²) in [6, 6.07) is 0. The summed E-state index contributed by atoms with van der Waals surface area (Å²) in [5.74, 6) is 1.10. The zero-order valence-electron chi connectivity index (χ0n) is 15.2. The molecule has 2 aromatic rings. The Labute approximate surface area is 147 Å². The van der Waals surface area contributed by atoms with Crippen molar-refractivity contribution >= 4 is 6.09 Å². The predicted molar refractivity (Wildman–Crippen MR) is 89.8 cm³/mol. The summed E-state index contributed by atoms with van der Waals surface area (Å²) in [5, 5.41) is 7.04. The number of carbonyl (C=O) groups is 1. The van der Waals surface area contributed by atoms with Gasteiger partial charge in [-0.25, -0.2) is 9.78 Å². The molecule has 0 atom stereocenters. The zero-order valence-corrected chi connectivity index (χ0v) is 15.2. The molecule has 3 rings (SSSR count). The lowest BCUT2D eigenvalue weighted by Gasteiger charge is -2.39. The maximum absolute atomic E-state index is 12.1. The number of ether oxygens (including phenoxy) is 1. The smallest absolute Gasteiger partial charge is 0.408 e. The molecule has 8 nitrogen and oxygen atoms in total. The van der Waals surface area contributed by atoms with Crippen LogP contribution in [0.5, 0.6) is 0 Å². The Bertz CT molecular complexity index is 740. The molecule has 2 aromatic heterocycles. The highest BCUT2D eigenvalue weighted by atomic mass is 16.6. The summed E-state index contributed by atoms with van der Waals surface area (Å²) in [5.41, 5.74) is -0.0121. The number of rotatable bonds is 5. The largest absolute Gasteiger partial charge is 0.444 e. The van der Waals surface area contributed by atoms with Gasteiger partial charge in [0.05, 0.1) is 6.33 Å². The summed E-state index contributed by atoms with van der Waals surface area (Å²) in [7, 11) is 1.95. The molecule has 0 spiro atoms. The molecule has 1 amide bonds. The van der Waals surface area contributed by atoms with Crippen LogP contribution in [0.4, 0.5) is 4.79 Å². The van der Waals surface area contributed by atoms with Gasteiger partial charge in [-0.2, -0.15) is 4.98 Å². The third kappa shape index (κ3) is 4.00. The van der Waals surface area contributed by atoms with E-state index >= 15 is 0 Å². The Hall–Kier alpha value is -2.38. The summed E-state index contributed by atoms with van der Waals surface area (Å²) in [6.07, 6.45) is 7.12. The molecule has 136 valence electrons. The van der Waals surface area contributed by atoms with Crippen LogP contribution in [0.15, 0.2) is 17.0 Å². The van der Waals surface area contributed by atoms with E-state index < -0.39 is 17.2 Å². The Morgan fingerprint density at radius 2 is 2.16 bits per heavy atom. The standard InChI is InChI=1S/C17H25N5O3/c1-16(2,3)24-15(23)20-17(8-5-9-17)14-19-13(25-21-14)7-6-12-10-18-11-22(12)4/h10-11H,5-9H2,1-4H3,(H,20,23).